The van der Waals surface area contributed by atoms with Crippen LogP contribution in [-0.2, 0) is 0 Å². The molecule has 0 aromatic heterocycles. The van der Waals surface area contributed by atoms with Crippen LogP contribution in [0.5, 0.6) is 0 Å². The highest BCUT2D eigenvalue weighted by Gasteiger charge is 2.36. The average Bonchev–Trinajstić information content (AvgIpc) is 2.39. The van der Waals surface area contributed by atoms with E-state index in [0.29, 0.717) is 0 Å². The Morgan fingerprint density at radius 3 is 1.71 bits per heavy atom. The predicted octanol–water partition coefficient (Wildman–Crippen LogP) is 4.76. The van der Waals surface area contributed by atoms with Gasteiger partial charge in [-0.15, -0.1) is 0 Å². The molecule has 2 nitrogen and oxygen atoms in total. The first-order valence-corrected chi connectivity index (χ1v) is 9.45. The third kappa shape index (κ3) is 7.15. The quantitative estimate of drug-likeness (QED) is 0.731. The lowest BCUT2D eigenvalue weighted by molar-refractivity contribution is 0.0900. The smallest absolute Gasteiger partial charge is 0.0402 e. The molecule has 1 saturated heterocycles. The third-order valence-electron chi connectivity index (χ3n) is 5.70. The van der Waals surface area contributed by atoms with Crippen LogP contribution in [0.4, 0.5) is 0 Å². The van der Waals surface area contributed by atoms with E-state index < -0.39 is 0 Å². The van der Waals surface area contributed by atoms with Crippen LogP contribution < -0.4 is 5.32 Å². The maximum atomic E-state index is 7.57. The van der Waals surface area contributed by atoms with E-state index in [-0.39, 0.29) is 6.61 Å². The maximum Gasteiger partial charge on any atom is 0.0402 e. The molecule has 0 bridgehead atoms. The van der Waals surface area contributed by atoms with E-state index in [4.69, 9.17) is 5.11 Å². The Balaban J connectivity index is 0.000000261. The van der Waals surface area contributed by atoms with Crippen molar-refractivity contribution in [1.82, 2.24) is 5.32 Å². The Labute approximate surface area is 133 Å². The van der Waals surface area contributed by atoms with Gasteiger partial charge in [0.2, 0.25) is 0 Å². The van der Waals surface area contributed by atoms with Crippen molar-refractivity contribution in [2.75, 3.05) is 19.7 Å². The fourth-order valence-electron chi connectivity index (χ4n) is 3.63. The monoisotopic (exact) mass is 297 g/mol. The topological polar surface area (TPSA) is 32.3 Å². The molecule has 0 aromatic rings. The molecule has 2 aliphatic carbocycles. The zero-order valence-corrected chi connectivity index (χ0v) is 14.8. The van der Waals surface area contributed by atoms with Crippen LogP contribution in [0.1, 0.15) is 85.0 Å². The highest BCUT2D eigenvalue weighted by Crippen LogP contribution is 2.46. The van der Waals surface area contributed by atoms with Crippen LogP contribution in [0.2, 0.25) is 0 Å². The van der Waals surface area contributed by atoms with Crippen LogP contribution in [0, 0.1) is 17.3 Å². The SMILES string of the molecule is C1CCC1.CC(C)C1CCC2(CCNCC2)CC1.CCO. The Hall–Kier alpha value is -0.0800. The summed E-state index contributed by atoms with van der Waals surface area (Å²) < 4.78 is 0. The molecule has 0 radical (unpaired) electrons. The van der Waals surface area contributed by atoms with Gasteiger partial charge in [-0.3, -0.25) is 0 Å². The molecular weight excluding hydrogens is 258 g/mol. The van der Waals surface area contributed by atoms with E-state index >= 15 is 0 Å². The average molecular weight is 298 g/mol. The fourth-order valence-corrected chi connectivity index (χ4v) is 3.63. The number of hydrogen-bond acceptors (Lipinski definition) is 2. The van der Waals surface area contributed by atoms with E-state index in [1.807, 2.05) is 0 Å². The summed E-state index contributed by atoms with van der Waals surface area (Å²) in [6.07, 6.45) is 14.9. The highest BCUT2D eigenvalue weighted by molar-refractivity contribution is 4.89. The molecule has 0 amide bonds. The minimum Gasteiger partial charge on any atom is -0.397 e. The molecule has 0 atom stereocenters. The van der Waals surface area contributed by atoms with Gasteiger partial charge < -0.3 is 10.4 Å². The molecule has 126 valence electrons. The van der Waals surface area contributed by atoms with Gasteiger partial charge in [0.1, 0.15) is 0 Å². The second kappa shape index (κ2) is 10.6. The van der Waals surface area contributed by atoms with Gasteiger partial charge in [0, 0.05) is 6.61 Å². The molecule has 0 unspecified atom stereocenters. The van der Waals surface area contributed by atoms with Crippen molar-refractivity contribution in [3.63, 3.8) is 0 Å². The lowest BCUT2D eigenvalue weighted by Gasteiger charge is -2.44. The van der Waals surface area contributed by atoms with Crippen molar-refractivity contribution < 1.29 is 5.11 Å². The second-order valence-electron chi connectivity index (χ2n) is 7.56. The van der Waals surface area contributed by atoms with Gasteiger partial charge in [-0.1, -0.05) is 39.5 Å². The van der Waals surface area contributed by atoms with Crippen molar-refractivity contribution in [1.29, 1.82) is 0 Å². The zero-order valence-electron chi connectivity index (χ0n) is 14.8. The predicted molar refractivity (Wildman–Crippen MR) is 92.6 cm³/mol. The van der Waals surface area contributed by atoms with Crippen molar-refractivity contribution in [3.8, 4) is 0 Å². The Morgan fingerprint density at radius 2 is 1.38 bits per heavy atom. The van der Waals surface area contributed by atoms with Crippen molar-refractivity contribution in [2.24, 2.45) is 17.3 Å². The lowest BCUT2D eigenvalue weighted by Crippen LogP contribution is -2.39. The molecule has 3 fully saturated rings. The van der Waals surface area contributed by atoms with Gasteiger partial charge in [-0.25, -0.2) is 0 Å². The van der Waals surface area contributed by atoms with Crippen LogP contribution >= 0.6 is 0 Å². The molecule has 0 aromatic carbocycles. The Kier molecular flexibility index (Phi) is 9.59. The first-order chi connectivity index (χ1) is 10.1. The van der Waals surface area contributed by atoms with E-state index in [2.05, 4.69) is 19.2 Å². The van der Waals surface area contributed by atoms with E-state index in [9.17, 15) is 0 Å². The standard InChI is InChI=1S/C13H25N.C4H8.C2H6O/c1-11(2)12-3-5-13(6-4-12)7-9-14-10-8-13;1-2-4-3-1;1-2-3/h11-12,14H,3-10H2,1-2H3;1-4H2;3H,2H2,1H3. The molecular formula is C19H39NO. The van der Waals surface area contributed by atoms with Crippen LogP contribution in [0.25, 0.3) is 0 Å². The van der Waals surface area contributed by atoms with Crippen LogP contribution in [-0.4, -0.2) is 24.8 Å². The van der Waals surface area contributed by atoms with E-state index in [1.54, 1.807) is 6.92 Å². The summed E-state index contributed by atoms with van der Waals surface area (Å²) in [5.74, 6) is 1.93. The van der Waals surface area contributed by atoms with Gasteiger partial charge >= 0.3 is 0 Å². The molecule has 2 saturated carbocycles. The number of aliphatic hydroxyl groups is 1. The molecule has 3 aliphatic rings. The summed E-state index contributed by atoms with van der Waals surface area (Å²) in [6, 6.07) is 0. The largest absolute Gasteiger partial charge is 0.397 e. The Bertz CT molecular complexity index is 228. The normalized spacial score (nSPS) is 24.4. The summed E-state index contributed by atoms with van der Waals surface area (Å²) in [7, 11) is 0. The maximum absolute atomic E-state index is 7.57. The number of piperidine rings is 1. The minimum atomic E-state index is 0.250. The lowest BCUT2D eigenvalue weighted by atomic mass is 9.64. The van der Waals surface area contributed by atoms with Gasteiger partial charge in [0.15, 0.2) is 0 Å². The first-order valence-electron chi connectivity index (χ1n) is 9.45. The first kappa shape index (κ1) is 19.0. The fraction of sp³-hybridized carbons (Fsp3) is 1.00. The van der Waals surface area contributed by atoms with Crippen LogP contribution in [0.15, 0.2) is 0 Å². The molecule has 21 heavy (non-hydrogen) atoms. The summed E-state index contributed by atoms with van der Waals surface area (Å²) in [6.45, 7) is 9.26. The number of nitrogens with one attached hydrogen (secondary N) is 1. The summed E-state index contributed by atoms with van der Waals surface area (Å²) in [5.41, 5.74) is 0.761. The van der Waals surface area contributed by atoms with Crippen LogP contribution in [0.3, 0.4) is 0 Å². The molecule has 2 heteroatoms. The summed E-state index contributed by atoms with van der Waals surface area (Å²) in [5, 5.41) is 11.1. The number of rotatable bonds is 1. The van der Waals surface area contributed by atoms with Gasteiger partial charge in [-0.2, -0.15) is 0 Å². The van der Waals surface area contributed by atoms with E-state index in [0.717, 1.165) is 17.3 Å². The van der Waals surface area contributed by atoms with Gasteiger partial charge in [0.05, 0.1) is 0 Å². The van der Waals surface area contributed by atoms with E-state index in [1.165, 1.54) is 77.3 Å². The van der Waals surface area contributed by atoms with Gasteiger partial charge in [-0.05, 0) is 75.8 Å². The molecule has 2 N–H and O–H groups in total. The zero-order chi connectivity index (χ0) is 15.6. The molecule has 1 aliphatic heterocycles. The van der Waals surface area contributed by atoms with Gasteiger partial charge in [0.25, 0.3) is 0 Å². The minimum absolute atomic E-state index is 0.250. The summed E-state index contributed by atoms with van der Waals surface area (Å²) in [4.78, 5) is 0. The number of hydrogen-bond donors (Lipinski definition) is 2. The third-order valence-corrected chi connectivity index (χ3v) is 5.70. The van der Waals surface area contributed by atoms with Crippen molar-refractivity contribution in [2.45, 2.75) is 85.0 Å². The van der Waals surface area contributed by atoms with Crippen molar-refractivity contribution in [3.05, 3.63) is 0 Å². The molecule has 3 rings (SSSR count). The van der Waals surface area contributed by atoms with Crippen molar-refractivity contribution >= 4 is 0 Å². The molecule has 1 spiro atoms. The number of aliphatic hydroxyl groups excluding tert-OH is 1. The second-order valence-corrected chi connectivity index (χ2v) is 7.56. The molecule has 1 heterocycles. The highest BCUT2D eigenvalue weighted by atomic mass is 16.2. The summed E-state index contributed by atoms with van der Waals surface area (Å²) >= 11 is 0. The Morgan fingerprint density at radius 1 is 0.952 bits per heavy atom.